The van der Waals surface area contributed by atoms with Crippen molar-refractivity contribution < 1.29 is 4.74 Å². The van der Waals surface area contributed by atoms with Gasteiger partial charge in [0.1, 0.15) is 5.75 Å². The Hall–Kier alpha value is -1.48. The van der Waals surface area contributed by atoms with Crippen LogP contribution in [0.5, 0.6) is 5.75 Å². The van der Waals surface area contributed by atoms with Crippen LogP contribution in [0.2, 0.25) is 0 Å². The number of aromatic nitrogens is 1. The van der Waals surface area contributed by atoms with Crippen LogP contribution in [0.3, 0.4) is 0 Å². The number of hydrogen-bond donors (Lipinski definition) is 1. The molecular weight excluding hydrogens is 236 g/mol. The fraction of sp³-hybridized carbons (Fsp3) is 0.500. The van der Waals surface area contributed by atoms with Gasteiger partial charge in [-0.05, 0) is 43.0 Å². The maximum atomic E-state index is 5.81. The van der Waals surface area contributed by atoms with Gasteiger partial charge in [0.25, 0.3) is 0 Å². The number of nitrogens with zero attached hydrogens (tertiary/aromatic N) is 1. The molecular formula is C16H24N2O. The zero-order valence-electron chi connectivity index (χ0n) is 12.6. The second-order valence-electron chi connectivity index (χ2n) is 5.42. The van der Waals surface area contributed by atoms with Crippen LogP contribution in [0, 0.1) is 6.92 Å². The van der Waals surface area contributed by atoms with Crippen molar-refractivity contribution in [1.29, 1.82) is 0 Å². The first-order chi connectivity index (χ1) is 9.02. The fourth-order valence-corrected chi connectivity index (χ4v) is 3.14. The highest BCUT2D eigenvalue weighted by molar-refractivity contribution is 5.93. The molecule has 0 aliphatic rings. The number of hydrogen-bond acceptors (Lipinski definition) is 2. The van der Waals surface area contributed by atoms with Crippen LogP contribution in [-0.2, 0) is 13.5 Å². The summed E-state index contributed by atoms with van der Waals surface area (Å²) in [7, 11) is 3.86. The van der Waals surface area contributed by atoms with Crippen LogP contribution in [0.15, 0.2) is 12.1 Å². The van der Waals surface area contributed by atoms with Crippen molar-refractivity contribution in [2.45, 2.75) is 33.1 Å². The Kier molecular flexibility index (Phi) is 3.85. The second kappa shape index (κ2) is 5.25. The van der Waals surface area contributed by atoms with E-state index in [1.165, 1.54) is 27.7 Å². The summed E-state index contributed by atoms with van der Waals surface area (Å²) in [5.74, 6) is 1.41. The molecule has 2 rings (SSSR count). The van der Waals surface area contributed by atoms with Crippen molar-refractivity contribution in [2.24, 2.45) is 12.8 Å². The highest BCUT2D eigenvalue weighted by Crippen LogP contribution is 2.37. The number of methoxy groups -OCH3 is 1. The van der Waals surface area contributed by atoms with Gasteiger partial charge in [0.2, 0.25) is 0 Å². The summed E-state index contributed by atoms with van der Waals surface area (Å²) in [5, 5.41) is 1.32. The molecule has 0 fully saturated rings. The summed E-state index contributed by atoms with van der Waals surface area (Å²) < 4.78 is 7.81. The molecule has 0 aliphatic heterocycles. The van der Waals surface area contributed by atoms with E-state index in [1.807, 2.05) is 6.07 Å². The Balaban J connectivity index is 2.91. The molecule has 0 unspecified atom stereocenters. The number of benzene rings is 1. The van der Waals surface area contributed by atoms with Crippen molar-refractivity contribution in [1.82, 2.24) is 4.57 Å². The minimum absolute atomic E-state index is 0.475. The van der Waals surface area contributed by atoms with Gasteiger partial charge in [-0.25, -0.2) is 0 Å². The first kappa shape index (κ1) is 13.9. The van der Waals surface area contributed by atoms with Crippen LogP contribution < -0.4 is 10.5 Å². The highest BCUT2D eigenvalue weighted by atomic mass is 16.5. The van der Waals surface area contributed by atoms with Crippen molar-refractivity contribution in [3.8, 4) is 5.75 Å². The Labute approximate surface area is 115 Å². The Bertz CT molecular complexity index is 597. The monoisotopic (exact) mass is 260 g/mol. The molecule has 2 aromatic rings. The van der Waals surface area contributed by atoms with Crippen molar-refractivity contribution in [3.05, 3.63) is 29.0 Å². The van der Waals surface area contributed by atoms with E-state index in [0.717, 1.165) is 12.2 Å². The van der Waals surface area contributed by atoms with Gasteiger partial charge in [-0.1, -0.05) is 19.9 Å². The quantitative estimate of drug-likeness (QED) is 0.917. The SMILES string of the molecule is COc1ccc(C)c2c(CCN)c(C(C)C)n(C)c12. The first-order valence-electron chi connectivity index (χ1n) is 6.87. The average Bonchev–Trinajstić information content (AvgIpc) is 2.65. The Morgan fingerprint density at radius 3 is 2.53 bits per heavy atom. The van der Waals surface area contributed by atoms with Gasteiger partial charge in [-0.15, -0.1) is 0 Å². The Morgan fingerprint density at radius 1 is 1.32 bits per heavy atom. The minimum atomic E-state index is 0.475. The van der Waals surface area contributed by atoms with Crippen LogP contribution in [0.25, 0.3) is 10.9 Å². The standard InChI is InChI=1S/C16H24N2O/c1-10(2)15-12(8-9-17)14-11(3)6-7-13(19-5)16(14)18(15)4/h6-7,10H,8-9,17H2,1-5H3. The molecule has 3 nitrogen and oxygen atoms in total. The number of aryl methyl sites for hydroxylation is 2. The molecule has 19 heavy (non-hydrogen) atoms. The molecule has 1 aromatic heterocycles. The molecule has 0 aliphatic carbocycles. The van der Waals surface area contributed by atoms with Gasteiger partial charge < -0.3 is 15.0 Å². The van der Waals surface area contributed by atoms with Gasteiger partial charge >= 0.3 is 0 Å². The van der Waals surface area contributed by atoms with Gasteiger partial charge in [0.15, 0.2) is 0 Å². The van der Waals surface area contributed by atoms with Gasteiger partial charge in [-0.2, -0.15) is 0 Å². The number of rotatable bonds is 4. The van der Waals surface area contributed by atoms with E-state index < -0.39 is 0 Å². The lowest BCUT2D eigenvalue weighted by Gasteiger charge is -2.11. The van der Waals surface area contributed by atoms with Crippen molar-refractivity contribution in [3.63, 3.8) is 0 Å². The Morgan fingerprint density at radius 2 is 2.00 bits per heavy atom. The maximum Gasteiger partial charge on any atom is 0.143 e. The molecule has 0 spiro atoms. The highest BCUT2D eigenvalue weighted by Gasteiger charge is 2.20. The largest absolute Gasteiger partial charge is 0.495 e. The van der Waals surface area contributed by atoms with E-state index in [-0.39, 0.29) is 0 Å². The van der Waals surface area contributed by atoms with Gasteiger partial charge in [0, 0.05) is 18.1 Å². The minimum Gasteiger partial charge on any atom is -0.495 e. The lowest BCUT2D eigenvalue weighted by Crippen LogP contribution is -2.07. The van der Waals surface area contributed by atoms with Crippen molar-refractivity contribution in [2.75, 3.05) is 13.7 Å². The van der Waals surface area contributed by atoms with E-state index in [9.17, 15) is 0 Å². The van der Waals surface area contributed by atoms with Gasteiger partial charge in [-0.3, -0.25) is 0 Å². The molecule has 0 amide bonds. The predicted molar refractivity (Wildman–Crippen MR) is 81.1 cm³/mol. The molecule has 1 heterocycles. The molecule has 0 saturated carbocycles. The second-order valence-corrected chi connectivity index (χ2v) is 5.42. The summed E-state index contributed by atoms with van der Waals surface area (Å²) in [6.07, 6.45) is 0.916. The number of nitrogens with two attached hydrogens (primary N) is 1. The normalized spacial score (nSPS) is 11.5. The topological polar surface area (TPSA) is 40.2 Å². The summed E-state index contributed by atoms with van der Waals surface area (Å²) in [4.78, 5) is 0. The van der Waals surface area contributed by atoms with Crippen LogP contribution in [0.1, 0.15) is 36.6 Å². The third-order valence-electron chi connectivity index (χ3n) is 3.82. The van der Waals surface area contributed by atoms with E-state index in [4.69, 9.17) is 10.5 Å². The zero-order chi connectivity index (χ0) is 14.2. The van der Waals surface area contributed by atoms with Crippen LogP contribution in [-0.4, -0.2) is 18.2 Å². The molecule has 3 heteroatoms. The molecule has 104 valence electrons. The molecule has 0 atom stereocenters. The zero-order valence-corrected chi connectivity index (χ0v) is 12.6. The molecule has 1 aromatic carbocycles. The molecule has 2 N–H and O–H groups in total. The lowest BCUT2D eigenvalue weighted by atomic mass is 9.98. The van der Waals surface area contributed by atoms with E-state index in [0.29, 0.717) is 12.5 Å². The summed E-state index contributed by atoms with van der Waals surface area (Å²) in [6.45, 7) is 7.30. The summed E-state index contributed by atoms with van der Waals surface area (Å²) in [5.41, 5.74) is 11.0. The molecule has 0 radical (unpaired) electrons. The summed E-state index contributed by atoms with van der Waals surface area (Å²) in [6, 6.07) is 4.18. The third kappa shape index (κ3) is 2.12. The third-order valence-corrected chi connectivity index (χ3v) is 3.82. The predicted octanol–water partition coefficient (Wildman–Crippen LogP) is 3.12. The number of fused-ring (bicyclic) bond motifs is 1. The molecule has 0 saturated heterocycles. The molecule has 0 bridgehead atoms. The average molecular weight is 260 g/mol. The lowest BCUT2D eigenvalue weighted by molar-refractivity contribution is 0.417. The maximum absolute atomic E-state index is 5.81. The smallest absolute Gasteiger partial charge is 0.143 e. The fourth-order valence-electron chi connectivity index (χ4n) is 3.14. The summed E-state index contributed by atoms with van der Waals surface area (Å²) >= 11 is 0. The van der Waals surface area contributed by atoms with Gasteiger partial charge in [0.05, 0.1) is 12.6 Å². The van der Waals surface area contributed by atoms with Crippen LogP contribution >= 0.6 is 0 Å². The van der Waals surface area contributed by atoms with Crippen molar-refractivity contribution >= 4 is 10.9 Å². The number of ether oxygens (including phenoxy) is 1. The van der Waals surface area contributed by atoms with E-state index >= 15 is 0 Å². The van der Waals surface area contributed by atoms with Crippen LogP contribution in [0.4, 0.5) is 0 Å². The first-order valence-corrected chi connectivity index (χ1v) is 6.87. The van der Waals surface area contributed by atoms with E-state index in [1.54, 1.807) is 7.11 Å². The van der Waals surface area contributed by atoms with E-state index in [2.05, 4.69) is 38.5 Å².